The minimum Gasteiger partial charge on any atom is -0.496 e. The Morgan fingerprint density at radius 1 is 1.50 bits per heavy atom. The van der Waals surface area contributed by atoms with Gasteiger partial charge < -0.3 is 9.84 Å². The van der Waals surface area contributed by atoms with Gasteiger partial charge in [-0.3, -0.25) is 4.79 Å². The zero-order valence-corrected chi connectivity index (χ0v) is 9.99. The van der Waals surface area contributed by atoms with Gasteiger partial charge in [0, 0.05) is 0 Å². The van der Waals surface area contributed by atoms with Crippen molar-refractivity contribution in [1.29, 1.82) is 0 Å². The van der Waals surface area contributed by atoms with Gasteiger partial charge in [0.25, 0.3) is 0 Å². The summed E-state index contributed by atoms with van der Waals surface area (Å²) in [5.74, 6) is 0.125. The third kappa shape index (κ3) is 2.99. The van der Waals surface area contributed by atoms with Crippen molar-refractivity contribution in [1.82, 2.24) is 0 Å². The molecule has 0 bridgehead atoms. The Hall–Kier alpha value is -1.51. The molecular formula is C13H18O3. The fraction of sp³-hybridized carbons (Fsp3) is 0.462. The Kier molecular flexibility index (Phi) is 4.35. The molecule has 0 aliphatic carbocycles. The molecule has 0 radical (unpaired) electrons. The predicted molar refractivity (Wildman–Crippen MR) is 63.0 cm³/mol. The first-order chi connectivity index (χ1) is 7.58. The molecule has 3 nitrogen and oxygen atoms in total. The molecule has 1 N–H and O–H groups in total. The lowest BCUT2D eigenvalue weighted by Gasteiger charge is -2.15. The minimum absolute atomic E-state index is 0.0620. The molecule has 16 heavy (non-hydrogen) atoms. The summed E-state index contributed by atoms with van der Waals surface area (Å²) in [7, 11) is 1.63. The molecular weight excluding hydrogens is 204 g/mol. The van der Waals surface area contributed by atoms with Crippen molar-refractivity contribution in [2.24, 2.45) is 0 Å². The number of rotatable bonds is 5. The maximum atomic E-state index is 10.7. The summed E-state index contributed by atoms with van der Waals surface area (Å²) in [5.41, 5.74) is 2.10. The molecule has 0 unspecified atom stereocenters. The Morgan fingerprint density at radius 3 is 2.69 bits per heavy atom. The van der Waals surface area contributed by atoms with Gasteiger partial charge in [0.1, 0.15) is 5.75 Å². The van der Waals surface area contributed by atoms with Crippen LogP contribution in [0.25, 0.3) is 0 Å². The van der Waals surface area contributed by atoms with Crippen LogP contribution in [0.3, 0.4) is 0 Å². The summed E-state index contributed by atoms with van der Waals surface area (Å²) < 4.78 is 5.24. The summed E-state index contributed by atoms with van der Waals surface area (Å²) >= 11 is 0. The van der Waals surface area contributed by atoms with E-state index >= 15 is 0 Å². The maximum absolute atomic E-state index is 10.7. The van der Waals surface area contributed by atoms with E-state index < -0.39 is 5.97 Å². The fourth-order valence-corrected chi connectivity index (χ4v) is 1.80. The van der Waals surface area contributed by atoms with E-state index in [2.05, 4.69) is 0 Å². The Morgan fingerprint density at radius 2 is 2.19 bits per heavy atom. The molecule has 0 heterocycles. The molecule has 1 rings (SSSR count). The molecule has 0 aliphatic rings. The number of methoxy groups -OCH3 is 1. The first-order valence-corrected chi connectivity index (χ1v) is 5.44. The van der Waals surface area contributed by atoms with Gasteiger partial charge in [-0.25, -0.2) is 0 Å². The van der Waals surface area contributed by atoms with Gasteiger partial charge in [-0.2, -0.15) is 0 Å². The first kappa shape index (κ1) is 12.6. The molecule has 1 atom stereocenters. The Labute approximate surface area is 96.1 Å². The number of aryl methyl sites for hydroxylation is 1. The molecule has 0 aromatic heterocycles. The number of carbonyl (C=O) groups is 1. The van der Waals surface area contributed by atoms with E-state index in [1.165, 1.54) is 0 Å². The molecule has 88 valence electrons. The average molecular weight is 222 g/mol. The number of aliphatic carboxylic acids is 1. The van der Waals surface area contributed by atoms with Gasteiger partial charge in [0.15, 0.2) is 0 Å². The number of carboxylic acid groups (broad SMARTS) is 1. The summed E-state index contributed by atoms with van der Waals surface area (Å²) in [6.07, 6.45) is 0.987. The maximum Gasteiger partial charge on any atom is 0.303 e. The van der Waals surface area contributed by atoms with Crippen molar-refractivity contribution in [3.8, 4) is 5.75 Å². The highest BCUT2D eigenvalue weighted by Crippen LogP contribution is 2.28. The molecule has 3 heteroatoms. The summed E-state index contributed by atoms with van der Waals surface area (Å²) in [5, 5.41) is 8.83. The van der Waals surface area contributed by atoms with Crippen molar-refractivity contribution < 1.29 is 14.6 Å². The summed E-state index contributed by atoms with van der Waals surface area (Å²) in [6.45, 7) is 3.97. The number of hydrogen-bond donors (Lipinski definition) is 1. The van der Waals surface area contributed by atoms with Crippen LogP contribution in [-0.4, -0.2) is 18.2 Å². The van der Waals surface area contributed by atoms with Gasteiger partial charge in [-0.1, -0.05) is 19.1 Å². The first-order valence-electron chi connectivity index (χ1n) is 5.44. The second-order valence-electron chi connectivity index (χ2n) is 3.93. The van der Waals surface area contributed by atoms with Crippen LogP contribution in [0.2, 0.25) is 0 Å². The molecule has 0 aliphatic heterocycles. The van der Waals surface area contributed by atoms with Gasteiger partial charge in [0.2, 0.25) is 0 Å². The van der Waals surface area contributed by atoms with E-state index in [1.54, 1.807) is 7.11 Å². The molecule has 0 fully saturated rings. The topological polar surface area (TPSA) is 46.5 Å². The van der Waals surface area contributed by atoms with Crippen LogP contribution in [0.4, 0.5) is 0 Å². The number of carboxylic acids is 1. The summed E-state index contributed by atoms with van der Waals surface area (Å²) in [4.78, 5) is 10.7. The molecule has 1 aromatic rings. The number of hydrogen-bond acceptors (Lipinski definition) is 2. The Bertz CT molecular complexity index is 371. The van der Waals surface area contributed by atoms with E-state index in [4.69, 9.17) is 9.84 Å². The normalized spacial score (nSPS) is 12.2. The van der Waals surface area contributed by atoms with Crippen molar-refractivity contribution >= 4 is 5.97 Å². The van der Waals surface area contributed by atoms with Crippen LogP contribution in [0.1, 0.15) is 36.8 Å². The van der Waals surface area contributed by atoms with Gasteiger partial charge >= 0.3 is 5.97 Å². The third-order valence-electron chi connectivity index (χ3n) is 2.82. The minimum atomic E-state index is -0.758. The third-order valence-corrected chi connectivity index (χ3v) is 2.82. The van der Waals surface area contributed by atoms with Crippen molar-refractivity contribution in [2.45, 2.75) is 32.6 Å². The smallest absolute Gasteiger partial charge is 0.303 e. The van der Waals surface area contributed by atoms with Gasteiger partial charge in [-0.05, 0) is 36.5 Å². The monoisotopic (exact) mass is 222 g/mol. The van der Waals surface area contributed by atoms with E-state index in [9.17, 15) is 4.79 Å². The lowest BCUT2D eigenvalue weighted by Crippen LogP contribution is -2.05. The lowest BCUT2D eigenvalue weighted by molar-refractivity contribution is -0.137. The van der Waals surface area contributed by atoms with Crippen molar-refractivity contribution in [2.75, 3.05) is 7.11 Å². The van der Waals surface area contributed by atoms with E-state index in [-0.39, 0.29) is 12.3 Å². The highest BCUT2D eigenvalue weighted by molar-refractivity contribution is 5.68. The van der Waals surface area contributed by atoms with Crippen LogP contribution in [0.5, 0.6) is 5.75 Å². The number of ether oxygens (including phenoxy) is 1. The van der Waals surface area contributed by atoms with Crippen molar-refractivity contribution in [3.63, 3.8) is 0 Å². The van der Waals surface area contributed by atoms with E-state index in [0.29, 0.717) is 0 Å². The molecule has 0 amide bonds. The van der Waals surface area contributed by atoms with Crippen LogP contribution >= 0.6 is 0 Å². The van der Waals surface area contributed by atoms with E-state index in [0.717, 1.165) is 23.3 Å². The van der Waals surface area contributed by atoms with Gasteiger partial charge in [0.05, 0.1) is 13.5 Å². The molecule has 0 saturated heterocycles. The Balaban J connectivity index is 2.96. The van der Waals surface area contributed by atoms with Crippen LogP contribution in [0.15, 0.2) is 18.2 Å². The predicted octanol–water partition coefficient (Wildman–Crippen LogP) is 2.97. The highest BCUT2D eigenvalue weighted by atomic mass is 16.5. The van der Waals surface area contributed by atoms with Crippen LogP contribution < -0.4 is 4.74 Å². The quantitative estimate of drug-likeness (QED) is 0.833. The average Bonchev–Trinajstić information content (AvgIpc) is 2.26. The zero-order valence-electron chi connectivity index (χ0n) is 9.99. The molecule has 1 aromatic carbocycles. The molecule has 0 saturated carbocycles. The second-order valence-corrected chi connectivity index (χ2v) is 3.93. The van der Waals surface area contributed by atoms with Crippen LogP contribution in [0, 0.1) is 6.92 Å². The second kappa shape index (κ2) is 5.54. The standard InChI is InChI=1S/C13H18O3/c1-4-10(8-13(14)15)11-6-5-9(2)12(7-11)16-3/h5-7,10H,4,8H2,1-3H3,(H,14,15)/t10-/m1/s1. The van der Waals surface area contributed by atoms with Crippen LogP contribution in [-0.2, 0) is 4.79 Å². The van der Waals surface area contributed by atoms with E-state index in [1.807, 2.05) is 32.0 Å². The zero-order chi connectivity index (χ0) is 12.1. The molecule has 0 spiro atoms. The largest absolute Gasteiger partial charge is 0.496 e. The SMILES string of the molecule is CC[C@H](CC(=O)O)c1ccc(C)c(OC)c1. The van der Waals surface area contributed by atoms with Crippen molar-refractivity contribution in [3.05, 3.63) is 29.3 Å². The fourth-order valence-electron chi connectivity index (χ4n) is 1.80. The van der Waals surface area contributed by atoms with Gasteiger partial charge in [-0.15, -0.1) is 0 Å². The highest BCUT2D eigenvalue weighted by Gasteiger charge is 2.14. The number of benzene rings is 1. The summed E-state index contributed by atoms with van der Waals surface area (Å²) in [6, 6.07) is 5.89. The lowest BCUT2D eigenvalue weighted by atomic mass is 9.92.